The average molecular weight is 491 g/mol. The first kappa shape index (κ1) is 25.6. The molecule has 1 fully saturated rings. The van der Waals surface area contributed by atoms with E-state index in [9.17, 15) is 19.2 Å². The summed E-state index contributed by atoms with van der Waals surface area (Å²) in [5.74, 6) is -1.31. The van der Waals surface area contributed by atoms with Gasteiger partial charge in [0.15, 0.2) is 5.78 Å². The van der Waals surface area contributed by atoms with Crippen LogP contribution < -0.4 is 15.4 Å². The Morgan fingerprint density at radius 3 is 2.71 bits per heavy atom. The van der Waals surface area contributed by atoms with Crippen molar-refractivity contribution in [2.24, 2.45) is 5.92 Å². The number of methoxy groups -OCH3 is 1. The van der Waals surface area contributed by atoms with E-state index in [0.717, 1.165) is 17.3 Å². The van der Waals surface area contributed by atoms with Gasteiger partial charge in [-0.1, -0.05) is 6.07 Å². The minimum Gasteiger partial charge on any atom is -0.496 e. The number of nitrogens with zero attached hydrogens (tertiary/aromatic N) is 1. The normalized spacial score (nSPS) is 16.7. The molecule has 1 aromatic heterocycles. The van der Waals surface area contributed by atoms with E-state index in [1.54, 1.807) is 33.1 Å². The van der Waals surface area contributed by atoms with E-state index in [0.29, 0.717) is 18.7 Å². The summed E-state index contributed by atoms with van der Waals surface area (Å²) in [5, 5.41) is 6.20. The van der Waals surface area contributed by atoms with Gasteiger partial charge in [0.2, 0.25) is 11.8 Å². The summed E-state index contributed by atoms with van der Waals surface area (Å²) in [6.45, 7) is 3.90. The highest BCUT2D eigenvalue weighted by Gasteiger charge is 2.35. The molecule has 0 unspecified atom stereocenters. The molecule has 1 saturated heterocycles. The van der Waals surface area contributed by atoms with E-state index in [1.165, 1.54) is 4.90 Å². The molecule has 3 amide bonds. The Morgan fingerprint density at radius 2 is 2.06 bits per heavy atom. The van der Waals surface area contributed by atoms with Crippen LogP contribution in [0.4, 0.5) is 0 Å². The highest BCUT2D eigenvalue weighted by atomic mass is 35.5. The molecule has 0 radical (unpaired) electrons. The summed E-state index contributed by atoms with van der Waals surface area (Å²) in [5.41, 5.74) is 1.02. The number of Topliss-reactive ketones (excluding diaryl/α,β-unsaturated/α-hetero) is 1. The molecule has 1 aliphatic heterocycles. The summed E-state index contributed by atoms with van der Waals surface area (Å²) in [7, 11) is 1.55. The largest absolute Gasteiger partial charge is 0.496 e. The topological polar surface area (TPSA) is 121 Å². The third-order valence-electron chi connectivity index (χ3n) is 6.08. The molecule has 3 N–H and O–H groups in total. The molecule has 0 saturated carbocycles. The predicted molar refractivity (Wildman–Crippen MR) is 129 cm³/mol. The van der Waals surface area contributed by atoms with Crippen molar-refractivity contribution in [1.29, 1.82) is 0 Å². The van der Waals surface area contributed by atoms with Crippen LogP contribution in [0.2, 0.25) is 0 Å². The van der Waals surface area contributed by atoms with Crippen LogP contribution in [0.15, 0.2) is 24.3 Å². The predicted octanol–water partition coefficient (Wildman–Crippen LogP) is 2.24. The first-order valence-corrected chi connectivity index (χ1v) is 11.9. The Morgan fingerprint density at radius 1 is 1.29 bits per heavy atom. The summed E-state index contributed by atoms with van der Waals surface area (Å²) < 4.78 is 5.32. The number of rotatable bonds is 10. The van der Waals surface area contributed by atoms with Crippen LogP contribution in [0.25, 0.3) is 10.9 Å². The molecule has 10 heteroatoms. The zero-order valence-corrected chi connectivity index (χ0v) is 20.4. The van der Waals surface area contributed by atoms with Gasteiger partial charge >= 0.3 is 0 Å². The minimum atomic E-state index is -0.840. The number of carbonyl (C=O) groups is 4. The maximum absolute atomic E-state index is 13.2. The zero-order valence-electron chi connectivity index (χ0n) is 19.7. The number of ketones is 1. The molecule has 2 aromatic rings. The van der Waals surface area contributed by atoms with Gasteiger partial charge < -0.3 is 25.3 Å². The van der Waals surface area contributed by atoms with E-state index in [-0.39, 0.29) is 48.2 Å². The van der Waals surface area contributed by atoms with Gasteiger partial charge in [-0.25, -0.2) is 0 Å². The second kappa shape index (κ2) is 11.4. The van der Waals surface area contributed by atoms with Crippen molar-refractivity contribution in [3.8, 4) is 5.75 Å². The Balaban J connectivity index is 1.73. The number of benzene rings is 1. The number of alkyl halides is 1. The van der Waals surface area contributed by atoms with Gasteiger partial charge in [0.1, 0.15) is 11.4 Å². The summed E-state index contributed by atoms with van der Waals surface area (Å²) >= 11 is 5.85. The van der Waals surface area contributed by atoms with Gasteiger partial charge in [-0.15, -0.1) is 11.6 Å². The molecule has 0 spiro atoms. The third-order valence-corrected chi connectivity index (χ3v) is 6.34. The number of fused-ring (bicyclic) bond motifs is 1. The maximum Gasteiger partial charge on any atom is 0.268 e. The fraction of sp³-hybridized carbons (Fsp3) is 0.500. The molecule has 2 atom stereocenters. The van der Waals surface area contributed by atoms with Crippen LogP contribution in [0.5, 0.6) is 5.75 Å². The molecule has 3 rings (SSSR count). The highest BCUT2D eigenvalue weighted by Crippen LogP contribution is 2.26. The van der Waals surface area contributed by atoms with Gasteiger partial charge in [-0.05, 0) is 51.3 Å². The lowest BCUT2D eigenvalue weighted by atomic mass is 9.89. The van der Waals surface area contributed by atoms with Crippen molar-refractivity contribution in [1.82, 2.24) is 20.5 Å². The van der Waals surface area contributed by atoms with Crippen LogP contribution in [-0.4, -0.2) is 71.6 Å². The van der Waals surface area contributed by atoms with Gasteiger partial charge in [0.25, 0.3) is 5.91 Å². The number of ether oxygens (including phenoxy) is 1. The minimum absolute atomic E-state index is 0.114. The number of hydrogen-bond acceptors (Lipinski definition) is 5. The standard InChI is InChI=1S/C24H31ClN4O5/c1-14(2)29(19(20(30)12-25)10-15-6-5-9-26-23(15)32)22(31)13-27-24(33)18-11-16-17(28-18)7-4-8-21(16)34-3/h4,7-8,11,14-15,19,28H,5-6,9-10,12-13H2,1-3H3,(H,26,32)(H,27,33)/t15-,19-/m0/s1. The van der Waals surface area contributed by atoms with Gasteiger partial charge in [-0.2, -0.15) is 0 Å². The van der Waals surface area contributed by atoms with Crippen molar-refractivity contribution >= 4 is 46.0 Å². The number of piperidine rings is 1. The number of hydrogen-bond donors (Lipinski definition) is 3. The molecular formula is C24H31ClN4O5. The van der Waals surface area contributed by atoms with E-state index in [4.69, 9.17) is 16.3 Å². The van der Waals surface area contributed by atoms with Crippen LogP contribution in [0, 0.1) is 5.92 Å². The Labute approximate surface area is 203 Å². The van der Waals surface area contributed by atoms with Gasteiger partial charge in [0.05, 0.1) is 25.6 Å². The van der Waals surface area contributed by atoms with Crippen LogP contribution in [-0.2, 0) is 14.4 Å². The van der Waals surface area contributed by atoms with Crippen molar-refractivity contribution in [2.75, 3.05) is 26.1 Å². The Hall–Kier alpha value is -3.07. The quantitative estimate of drug-likeness (QED) is 0.441. The molecule has 1 aromatic carbocycles. The van der Waals surface area contributed by atoms with E-state index >= 15 is 0 Å². The SMILES string of the molecule is COc1cccc2[nH]c(C(=O)NCC(=O)N(C(C)C)[C@@H](C[C@@H]3CCCNC3=O)C(=O)CCl)cc12. The molecule has 9 nitrogen and oxygen atoms in total. The first-order valence-electron chi connectivity index (χ1n) is 11.4. The second-order valence-electron chi connectivity index (χ2n) is 8.66. The van der Waals surface area contributed by atoms with E-state index in [2.05, 4.69) is 15.6 Å². The number of halogens is 1. The Bertz CT molecular complexity index is 1070. The highest BCUT2D eigenvalue weighted by molar-refractivity contribution is 6.28. The van der Waals surface area contributed by atoms with Crippen LogP contribution in [0.3, 0.4) is 0 Å². The zero-order chi connectivity index (χ0) is 24.8. The fourth-order valence-corrected chi connectivity index (χ4v) is 4.59. The fourth-order valence-electron chi connectivity index (χ4n) is 4.41. The molecular weight excluding hydrogens is 460 g/mol. The number of aromatic amines is 1. The summed E-state index contributed by atoms with van der Waals surface area (Å²) in [4.78, 5) is 55.3. The molecule has 0 bridgehead atoms. The van der Waals surface area contributed by atoms with Crippen molar-refractivity contribution in [3.05, 3.63) is 30.0 Å². The lowest BCUT2D eigenvalue weighted by molar-refractivity contribution is -0.142. The third kappa shape index (κ3) is 5.70. The molecule has 0 aliphatic carbocycles. The monoisotopic (exact) mass is 490 g/mol. The first-order chi connectivity index (χ1) is 16.3. The number of nitrogens with one attached hydrogen (secondary N) is 3. The van der Waals surface area contributed by atoms with Crippen molar-refractivity contribution in [2.45, 2.75) is 45.2 Å². The number of carbonyl (C=O) groups excluding carboxylic acids is 4. The lowest BCUT2D eigenvalue weighted by Gasteiger charge is -2.36. The van der Waals surface area contributed by atoms with Gasteiger partial charge in [-0.3, -0.25) is 19.2 Å². The summed E-state index contributed by atoms with van der Waals surface area (Å²) in [6, 6.07) is 5.92. The van der Waals surface area contributed by atoms with Crippen LogP contribution in [0.1, 0.15) is 43.6 Å². The van der Waals surface area contributed by atoms with E-state index in [1.807, 2.05) is 12.1 Å². The molecule has 1 aliphatic rings. The smallest absolute Gasteiger partial charge is 0.268 e. The lowest BCUT2D eigenvalue weighted by Crippen LogP contribution is -2.54. The second-order valence-corrected chi connectivity index (χ2v) is 8.93. The number of H-pyrrole nitrogens is 1. The maximum atomic E-state index is 13.2. The van der Waals surface area contributed by atoms with Gasteiger partial charge in [0, 0.05) is 29.4 Å². The number of amides is 3. The van der Waals surface area contributed by atoms with Crippen molar-refractivity contribution in [3.63, 3.8) is 0 Å². The summed E-state index contributed by atoms with van der Waals surface area (Å²) in [6.07, 6.45) is 1.68. The van der Waals surface area contributed by atoms with E-state index < -0.39 is 17.9 Å². The average Bonchev–Trinajstić information content (AvgIpc) is 3.27. The molecule has 184 valence electrons. The molecule has 34 heavy (non-hydrogen) atoms. The van der Waals surface area contributed by atoms with Crippen LogP contribution >= 0.6 is 11.6 Å². The van der Waals surface area contributed by atoms with Crippen molar-refractivity contribution < 1.29 is 23.9 Å². The molecule has 2 heterocycles. The number of aromatic nitrogens is 1. The Kier molecular flexibility index (Phi) is 8.55.